The molecule has 0 fully saturated rings. The predicted octanol–water partition coefficient (Wildman–Crippen LogP) is 6.36. The molecule has 0 aliphatic heterocycles. The van der Waals surface area contributed by atoms with Crippen LogP contribution in [0.5, 0.6) is 0 Å². The van der Waals surface area contributed by atoms with Crippen LogP contribution in [0.2, 0.25) is 0 Å². The van der Waals surface area contributed by atoms with E-state index in [4.69, 9.17) is 4.74 Å². The highest BCUT2D eigenvalue weighted by atomic mass is 16.6. The Balaban J connectivity index is 3.28. The molecule has 3 amide bonds. The zero-order valence-electron chi connectivity index (χ0n) is 24.5. The van der Waals surface area contributed by atoms with E-state index >= 15 is 0 Å². The minimum atomic E-state index is -0.841. The fourth-order valence-corrected chi connectivity index (χ4v) is 4.35. The minimum Gasteiger partial charge on any atom is -0.444 e. The van der Waals surface area contributed by atoms with Gasteiger partial charge in [-0.05, 0) is 59.9 Å². The molecule has 0 saturated carbocycles. The fraction of sp³-hybridized carbons (Fsp3) is 0.700. The van der Waals surface area contributed by atoms with Crippen molar-refractivity contribution < 1.29 is 19.1 Å². The highest BCUT2D eigenvalue weighted by Crippen LogP contribution is 2.26. The van der Waals surface area contributed by atoms with Gasteiger partial charge in [0.05, 0.1) is 0 Å². The van der Waals surface area contributed by atoms with E-state index in [1.807, 2.05) is 26.0 Å². The third kappa shape index (κ3) is 12.5. The van der Waals surface area contributed by atoms with Crippen molar-refractivity contribution in [3.8, 4) is 0 Å². The van der Waals surface area contributed by atoms with Crippen LogP contribution in [0.1, 0.15) is 116 Å². The molecule has 2 atom stereocenters. The van der Waals surface area contributed by atoms with E-state index in [0.717, 1.165) is 48.8 Å². The Morgan fingerprint density at radius 3 is 2.03 bits per heavy atom. The number of aryl methyl sites for hydroxylation is 2. The predicted molar refractivity (Wildman–Crippen MR) is 150 cm³/mol. The van der Waals surface area contributed by atoms with Gasteiger partial charge in [-0.2, -0.15) is 0 Å². The van der Waals surface area contributed by atoms with E-state index in [-0.39, 0.29) is 11.8 Å². The van der Waals surface area contributed by atoms with Gasteiger partial charge < -0.3 is 20.3 Å². The Morgan fingerprint density at radius 2 is 1.46 bits per heavy atom. The normalized spacial score (nSPS) is 13.0. The number of carbonyl (C=O) groups excluding carboxylic acids is 3. The molecule has 0 aromatic heterocycles. The quantitative estimate of drug-likeness (QED) is 0.265. The van der Waals surface area contributed by atoms with Crippen LogP contribution in [0.3, 0.4) is 0 Å². The molecule has 1 aromatic carbocycles. The molecule has 0 aliphatic rings. The lowest BCUT2D eigenvalue weighted by molar-refractivity contribution is -0.142. The molecule has 0 saturated heterocycles. The Labute approximate surface area is 225 Å². The summed E-state index contributed by atoms with van der Waals surface area (Å²) in [7, 11) is 0. The van der Waals surface area contributed by atoms with Crippen molar-refractivity contribution >= 4 is 17.9 Å². The molecule has 2 N–H and O–H groups in total. The molecule has 0 spiro atoms. The van der Waals surface area contributed by atoms with Crippen molar-refractivity contribution in [3.63, 3.8) is 0 Å². The van der Waals surface area contributed by atoms with E-state index in [9.17, 15) is 14.4 Å². The maximum absolute atomic E-state index is 13.8. The second kappa shape index (κ2) is 16.3. The van der Waals surface area contributed by atoms with Crippen LogP contribution in [0, 0.1) is 13.8 Å². The van der Waals surface area contributed by atoms with Crippen molar-refractivity contribution in [1.82, 2.24) is 15.5 Å². The van der Waals surface area contributed by atoms with Gasteiger partial charge in [0.1, 0.15) is 17.7 Å². The Hall–Kier alpha value is -2.57. The van der Waals surface area contributed by atoms with Crippen LogP contribution in [0.4, 0.5) is 4.79 Å². The van der Waals surface area contributed by atoms with Crippen molar-refractivity contribution in [3.05, 3.63) is 34.9 Å². The first-order chi connectivity index (χ1) is 17.4. The van der Waals surface area contributed by atoms with Gasteiger partial charge in [0.2, 0.25) is 11.8 Å². The van der Waals surface area contributed by atoms with Gasteiger partial charge >= 0.3 is 6.09 Å². The van der Waals surface area contributed by atoms with Gasteiger partial charge in [0.15, 0.2) is 0 Å². The standard InChI is InChI=1S/C30H51N3O4/c1-9-11-13-14-15-16-18-33(28(35)24(5)32-29(36)37-30(6,7)8)26(27(34)31-17-12-10-2)25-20-22(3)19-23(4)21-25/h19-21,24,26H,9-18H2,1-8H3,(H,31,34)(H,32,36). The topological polar surface area (TPSA) is 87.7 Å². The largest absolute Gasteiger partial charge is 0.444 e. The van der Waals surface area contributed by atoms with Crippen LogP contribution < -0.4 is 10.6 Å². The SMILES string of the molecule is CCCCCCCCN(C(=O)C(C)NC(=O)OC(C)(C)C)C(C(=O)NCCCC)c1cc(C)cc(C)c1. The van der Waals surface area contributed by atoms with Crippen molar-refractivity contribution in [2.45, 2.75) is 124 Å². The number of benzene rings is 1. The molecule has 7 heteroatoms. The van der Waals surface area contributed by atoms with E-state index in [2.05, 4.69) is 30.5 Å². The minimum absolute atomic E-state index is 0.192. The monoisotopic (exact) mass is 517 g/mol. The Bertz CT molecular complexity index is 843. The molecule has 2 unspecified atom stereocenters. The zero-order valence-corrected chi connectivity index (χ0v) is 24.5. The average molecular weight is 518 g/mol. The summed E-state index contributed by atoms with van der Waals surface area (Å²) in [4.78, 5) is 41.4. The smallest absolute Gasteiger partial charge is 0.408 e. The van der Waals surface area contributed by atoms with Gasteiger partial charge in [0, 0.05) is 13.1 Å². The van der Waals surface area contributed by atoms with Gasteiger partial charge in [-0.1, -0.05) is 81.7 Å². The lowest BCUT2D eigenvalue weighted by Gasteiger charge is -2.34. The molecular formula is C30H51N3O4. The number of carbonyl (C=O) groups is 3. The van der Waals surface area contributed by atoms with E-state index in [1.54, 1.807) is 32.6 Å². The molecule has 0 bridgehead atoms. The number of alkyl carbamates (subject to hydrolysis) is 1. The second-order valence-electron chi connectivity index (χ2n) is 11.1. The summed E-state index contributed by atoms with van der Waals surface area (Å²) in [6.07, 6.45) is 7.59. The molecular weight excluding hydrogens is 466 g/mol. The number of ether oxygens (including phenoxy) is 1. The van der Waals surface area contributed by atoms with Gasteiger partial charge in [-0.25, -0.2) is 4.79 Å². The number of nitrogens with zero attached hydrogens (tertiary/aromatic N) is 1. The summed E-state index contributed by atoms with van der Waals surface area (Å²) in [6.45, 7) is 16.2. The number of rotatable bonds is 15. The molecule has 1 aromatic rings. The van der Waals surface area contributed by atoms with Gasteiger partial charge in [0.25, 0.3) is 0 Å². The number of nitrogens with one attached hydrogen (secondary N) is 2. The first kappa shape index (κ1) is 32.5. The molecule has 7 nitrogen and oxygen atoms in total. The Kier molecular flexibility index (Phi) is 14.3. The highest BCUT2D eigenvalue weighted by Gasteiger charge is 2.34. The third-order valence-electron chi connectivity index (χ3n) is 6.09. The summed E-state index contributed by atoms with van der Waals surface area (Å²) in [5.41, 5.74) is 2.18. The summed E-state index contributed by atoms with van der Waals surface area (Å²) >= 11 is 0. The average Bonchev–Trinajstić information content (AvgIpc) is 2.78. The summed E-state index contributed by atoms with van der Waals surface area (Å²) < 4.78 is 5.36. The number of unbranched alkanes of at least 4 members (excludes halogenated alkanes) is 6. The van der Waals surface area contributed by atoms with Gasteiger partial charge in [-0.3, -0.25) is 9.59 Å². The molecule has 1 rings (SSSR count). The molecule has 0 radical (unpaired) electrons. The highest BCUT2D eigenvalue weighted by molar-refractivity contribution is 5.92. The number of hydrogen-bond acceptors (Lipinski definition) is 4. The van der Waals surface area contributed by atoms with Crippen LogP contribution >= 0.6 is 0 Å². The lowest BCUT2D eigenvalue weighted by atomic mass is 9.98. The second-order valence-corrected chi connectivity index (χ2v) is 11.1. The van der Waals surface area contributed by atoms with Crippen LogP contribution in [0.25, 0.3) is 0 Å². The molecule has 37 heavy (non-hydrogen) atoms. The summed E-state index contributed by atoms with van der Waals surface area (Å²) in [6, 6.07) is 4.39. The zero-order chi connectivity index (χ0) is 28.0. The maximum Gasteiger partial charge on any atom is 0.408 e. The van der Waals surface area contributed by atoms with Crippen LogP contribution in [0.15, 0.2) is 18.2 Å². The van der Waals surface area contributed by atoms with Crippen molar-refractivity contribution in [2.24, 2.45) is 0 Å². The maximum atomic E-state index is 13.8. The van der Waals surface area contributed by atoms with Gasteiger partial charge in [-0.15, -0.1) is 0 Å². The fourth-order valence-electron chi connectivity index (χ4n) is 4.35. The lowest BCUT2D eigenvalue weighted by Crippen LogP contribution is -2.52. The van der Waals surface area contributed by atoms with E-state index in [1.165, 1.54) is 19.3 Å². The Morgan fingerprint density at radius 1 is 0.892 bits per heavy atom. The number of hydrogen-bond donors (Lipinski definition) is 2. The van der Waals surface area contributed by atoms with Crippen molar-refractivity contribution in [1.29, 1.82) is 0 Å². The van der Waals surface area contributed by atoms with E-state index in [0.29, 0.717) is 13.1 Å². The molecule has 0 heterocycles. The number of amides is 3. The third-order valence-corrected chi connectivity index (χ3v) is 6.09. The summed E-state index contributed by atoms with van der Waals surface area (Å²) in [5.74, 6) is -0.489. The van der Waals surface area contributed by atoms with E-state index < -0.39 is 23.8 Å². The van der Waals surface area contributed by atoms with Crippen molar-refractivity contribution in [2.75, 3.05) is 13.1 Å². The summed E-state index contributed by atoms with van der Waals surface area (Å²) in [5, 5.41) is 5.71. The first-order valence-electron chi connectivity index (χ1n) is 14.1. The first-order valence-corrected chi connectivity index (χ1v) is 14.1. The molecule has 210 valence electrons. The van der Waals surface area contributed by atoms with Crippen LogP contribution in [-0.2, 0) is 14.3 Å². The molecule has 0 aliphatic carbocycles. The van der Waals surface area contributed by atoms with Crippen LogP contribution in [-0.4, -0.2) is 47.5 Å².